The van der Waals surface area contributed by atoms with Gasteiger partial charge in [0.05, 0.1) is 13.1 Å². The van der Waals surface area contributed by atoms with Gasteiger partial charge in [-0.3, -0.25) is 14.5 Å². The van der Waals surface area contributed by atoms with Gasteiger partial charge >= 0.3 is 0 Å². The summed E-state index contributed by atoms with van der Waals surface area (Å²) in [6.07, 6.45) is 2.62. The molecule has 5 nitrogen and oxygen atoms in total. The molecule has 108 valence electrons. The van der Waals surface area contributed by atoms with Gasteiger partial charge in [0, 0.05) is 29.9 Å². The third kappa shape index (κ3) is 3.02. The molecule has 1 aromatic heterocycles. The molecule has 2 aliphatic rings. The first-order chi connectivity index (χ1) is 9.72. The molecule has 2 atom stereocenters. The van der Waals surface area contributed by atoms with Crippen LogP contribution in [0, 0.1) is 0 Å². The second kappa shape index (κ2) is 5.93. The third-order valence-corrected chi connectivity index (χ3v) is 4.97. The molecule has 2 fully saturated rings. The van der Waals surface area contributed by atoms with Crippen molar-refractivity contribution in [2.24, 2.45) is 0 Å². The average molecular weight is 293 g/mol. The number of rotatable bonds is 4. The predicted octanol–water partition coefficient (Wildman–Crippen LogP) is 0.717. The number of amides is 2. The van der Waals surface area contributed by atoms with E-state index in [-0.39, 0.29) is 17.9 Å². The van der Waals surface area contributed by atoms with Crippen LogP contribution in [0.1, 0.15) is 24.1 Å². The van der Waals surface area contributed by atoms with Crippen molar-refractivity contribution < 1.29 is 9.59 Å². The number of carbonyl (C=O) groups is 2. The highest BCUT2D eigenvalue weighted by Gasteiger charge is 2.38. The topological polar surface area (TPSA) is 61.4 Å². The summed E-state index contributed by atoms with van der Waals surface area (Å²) >= 11 is 1.65. The lowest BCUT2D eigenvalue weighted by Gasteiger charge is -2.26. The fourth-order valence-corrected chi connectivity index (χ4v) is 3.69. The van der Waals surface area contributed by atoms with Gasteiger partial charge in [-0.15, -0.1) is 11.3 Å². The van der Waals surface area contributed by atoms with Crippen molar-refractivity contribution in [3.8, 4) is 0 Å². The molecule has 1 aromatic rings. The molecule has 0 aliphatic carbocycles. The number of hydrogen-bond acceptors (Lipinski definition) is 4. The van der Waals surface area contributed by atoms with Gasteiger partial charge in [-0.1, -0.05) is 6.07 Å². The van der Waals surface area contributed by atoms with Crippen molar-refractivity contribution >= 4 is 23.2 Å². The average Bonchev–Trinajstić information content (AvgIpc) is 3.01. The van der Waals surface area contributed by atoms with Crippen LogP contribution in [0.5, 0.6) is 0 Å². The van der Waals surface area contributed by atoms with Gasteiger partial charge in [-0.2, -0.15) is 0 Å². The van der Waals surface area contributed by atoms with Crippen LogP contribution in [0.25, 0.3) is 0 Å². The summed E-state index contributed by atoms with van der Waals surface area (Å²) in [6.45, 7) is 1.67. The van der Waals surface area contributed by atoms with Crippen molar-refractivity contribution in [3.05, 3.63) is 22.4 Å². The van der Waals surface area contributed by atoms with Gasteiger partial charge in [0.25, 0.3) is 0 Å². The molecule has 0 saturated carbocycles. The SMILES string of the molecule is O=C1C[C@H]2CC[C@H](CN1)N2CC(=O)NCc1cccs1. The van der Waals surface area contributed by atoms with E-state index in [0.29, 0.717) is 32.1 Å². The van der Waals surface area contributed by atoms with Crippen LogP contribution in [-0.2, 0) is 16.1 Å². The first-order valence-corrected chi connectivity index (χ1v) is 7.92. The smallest absolute Gasteiger partial charge is 0.234 e. The Morgan fingerprint density at radius 1 is 1.45 bits per heavy atom. The zero-order valence-electron chi connectivity index (χ0n) is 11.3. The lowest BCUT2D eigenvalue weighted by Crippen LogP contribution is -2.44. The van der Waals surface area contributed by atoms with E-state index in [4.69, 9.17) is 0 Å². The Kier molecular flexibility index (Phi) is 4.03. The summed E-state index contributed by atoms with van der Waals surface area (Å²) in [5, 5.41) is 7.89. The number of fused-ring (bicyclic) bond motifs is 2. The summed E-state index contributed by atoms with van der Waals surface area (Å²) in [5.41, 5.74) is 0. The highest BCUT2D eigenvalue weighted by molar-refractivity contribution is 7.09. The molecule has 2 saturated heterocycles. The van der Waals surface area contributed by atoms with E-state index in [1.165, 1.54) is 0 Å². The minimum atomic E-state index is 0.0460. The van der Waals surface area contributed by atoms with E-state index in [0.717, 1.165) is 17.7 Å². The van der Waals surface area contributed by atoms with Gasteiger partial charge in [0.15, 0.2) is 0 Å². The molecular weight excluding hydrogens is 274 g/mol. The lowest BCUT2D eigenvalue weighted by atomic mass is 10.1. The molecular formula is C14H19N3O2S. The van der Waals surface area contributed by atoms with Crippen molar-refractivity contribution in [3.63, 3.8) is 0 Å². The molecule has 6 heteroatoms. The molecule has 2 N–H and O–H groups in total. The molecule has 0 spiro atoms. The first kappa shape index (κ1) is 13.6. The predicted molar refractivity (Wildman–Crippen MR) is 77.3 cm³/mol. The zero-order chi connectivity index (χ0) is 13.9. The Bertz CT molecular complexity index is 489. The third-order valence-electron chi connectivity index (χ3n) is 4.09. The molecule has 2 amide bonds. The van der Waals surface area contributed by atoms with Crippen molar-refractivity contribution in [1.29, 1.82) is 0 Å². The van der Waals surface area contributed by atoms with E-state index < -0.39 is 0 Å². The largest absolute Gasteiger partial charge is 0.354 e. The molecule has 0 unspecified atom stereocenters. The molecule has 20 heavy (non-hydrogen) atoms. The minimum Gasteiger partial charge on any atom is -0.354 e. The van der Waals surface area contributed by atoms with Gasteiger partial charge < -0.3 is 10.6 Å². The zero-order valence-corrected chi connectivity index (χ0v) is 12.1. The van der Waals surface area contributed by atoms with Gasteiger partial charge in [0.1, 0.15) is 0 Å². The molecule has 2 aliphatic heterocycles. The van der Waals surface area contributed by atoms with Crippen molar-refractivity contribution in [2.75, 3.05) is 13.1 Å². The summed E-state index contributed by atoms with van der Waals surface area (Å²) in [5.74, 6) is 0.158. The van der Waals surface area contributed by atoms with Crippen LogP contribution in [0.15, 0.2) is 17.5 Å². The molecule has 0 aromatic carbocycles. The number of carbonyl (C=O) groups excluding carboxylic acids is 2. The van der Waals surface area contributed by atoms with Crippen molar-refractivity contribution in [1.82, 2.24) is 15.5 Å². The van der Waals surface area contributed by atoms with Crippen molar-refractivity contribution in [2.45, 2.75) is 37.9 Å². The van der Waals surface area contributed by atoms with Crippen LogP contribution < -0.4 is 10.6 Å². The summed E-state index contributed by atoms with van der Waals surface area (Å²) < 4.78 is 0. The fourth-order valence-electron chi connectivity index (χ4n) is 3.05. The number of nitrogens with one attached hydrogen (secondary N) is 2. The standard InChI is InChI=1S/C14H19N3O2S/c18-13-6-10-3-4-11(7-15-13)17(10)9-14(19)16-8-12-2-1-5-20-12/h1-2,5,10-11H,3-4,6-9H2,(H,15,18)(H,16,19)/t10-,11-/m1/s1. The molecule has 3 rings (SSSR count). The molecule has 0 radical (unpaired) electrons. The molecule has 3 heterocycles. The summed E-state index contributed by atoms with van der Waals surface area (Å²) in [7, 11) is 0. The Labute approximate surface area is 122 Å². The summed E-state index contributed by atoms with van der Waals surface area (Å²) in [4.78, 5) is 27.0. The Morgan fingerprint density at radius 2 is 2.30 bits per heavy atom. The fraction of sp³-hybridized carbons (Fsp3) is 0.571. The van der Waals surface area contributed by atoms with Gasteiger partial charge in [-0.25, -0.2) is 0 Å². The Balaban J connectivity index is 1.54. The van der Waals surface area contributed by atoms with E-state index in [1.807, 2.05) is 17.5 Å². The van der Waals surface area contributed by atoms with Crippen LogP contribution in [0.4, 0.5) is 0 Å². The van der Waals surface area contributed by atoms with Gasteiger partial charge in [-0.05, 0) is 24.3 Å². The van der Waals surface area contributed by atoms with Gasteiger partial charge in [0.2, 0.25) is 11.8 Å². The highest BCUT2D eigenvalue weighted by atomic mass is 32.1. The van der Waals surface area contributed by atoms with Crippen LogP contribution in [0.3, 0.4) is 0 Å². The Morgan fingerprint density at radius 3 is 3.10 bits per heavy atom. The lowest BCUT2D eigenvalue weighted by molar-refractivity contribution is -0.124. The maximum Gasteiger partial charge on any atom is 0.234 e. The maximum atomic E-state index is 12.1. The monoisotopic (exact) mass is 293 g/mol. The van der Waals surface area contributed by atoms with Crippen LogP contribution in [-0.4, -0.2) is 41.9 Å². The second-order valence-electron chi connectivity index (χ2n) is 5.42. The van der Waals surface area contributed by atoms with E-state index >= 15 is 0 Å². The summed E-state index contributed by atoms with van der Waals surface area (Å²) in [6, 6.07) is 4.55. The first-order valence-electron chi connectivity index (χ1n) is 7.04. The number of thiophene rings is 1. The second-order valence-corrected chi connectivity index (χ2v) is 6.45. The maximum absolute atomic E-state index is 12.1. The number of hydrogen-bond donors (Lipinski definition) is 2. The normalized spacial score (nSPS) is 26.1. The minimum absolute atomic E-state index is 0.0460. The number of nitrogens with zero attached hydrogens (tertiary/aromatic N) is 1. The van der Waals surface area contributed by atoms with Crippen LogP contribution in [0.2, 0.25) is 0 Å². The van der Waals surface area contributed by atoms with E-state index in [1.54, 1.807) is 11.3 Å². The van der Waals surface area contributed by atoms with E-state index in [9.17, 15) is 9.59 Å². The van der Waals surface area contributed by atoms with Crippen LogP contribution >= 0.6 is 11.3 Å². The molecule has 2 bridgehead atoms. The quantitative estimate of drug-likeness (QED) is 0.860. The highest BCUT2D eigenvalue weighted by Crippen LogP contribution is 2.27. The Hall–Kier alpha value is -1.40. The van der Waals surface area contributed by atoms with E-state index in [2.05, 4.69) is 15.5 Å².